The summed E-state index contributed by atoms with van der Waals surface area (Å²) in [5, 5.41) is 14.0. The zero-order valence-corrected chi connectivity index (χ0v) is 69.3. The van der Waals surface area contributed by atoms with E-state index in [1.165, 1.54) is 0 Å². The van der Waals surface area contributed by atoms with Crippen LogP contribution in [0.15, 0.2) is 480 Å². The van der Waals surface area contributed by atoms with Crippen LogP contribution in [0.1, 0.15) is 38.5 Å². The van der Waals surface area contributed by atoms with Crippen molar-refractivity contribution in [1.82, 2.24) is 0 Å². The van der Waals surface area contributed by atoms with E-state index in [9.17, 15) is 5.48 Å². The zero-order chi connectivity index (χ0) is 107. The monoisotopic (exact) mass is 1680 g/mol. The maximum absolute atomic E-state index is 9.27. The number of hydrogen-bond acceptors (Lipinski definition) is 3. The van der Waals surface area contributed by atoms with Gasteiger partial charge in [0.1, 0.15) is 33.5 Å². The molecule has 0 aliphatic heterocycles. The van der Waals surface area contributed by atoms with Gasteiger partial charge in [0.15, 0.2) is 0 Å². The summed E-state index contributed by atoms with van der Waals surface area (Å²) in [6, 6.07) is 94.4. The van der Waals surface area contributed by atoms with Gasteiger partial charge in [-0.15, -0.1) is 0 Å². The fourth-order valence-corrected chi connectivity index (χ4v) is 19.3. The summed E-state index contributed by atoms with van der Waals surface area (Å²) in [5.41, 5.74) is 16.7. The average molecular weight is 1680 g/mol. The molecule has 0 aliphatic rings. The SMILES string of the molecule is [2H]c1c([2H])c([2H])c2c(-c3ccc(-c4ccc(-c5ccc6oc7c8ccccc8ccc7c6c5)cc4)cc3)c3c([2H])c([2H])c([2H])c([2H])c3c(-c3ccccc3)c2c1[2H].[2H]c1c([2H])c([2H])c2c(-c3ccc4oc5c6ccccc6c(C)cc5c4c3)c3c([2H])c([2H])c([2H])c([2H])c3c(-c3ccccc3)c2c1[2H].[2H]c1c([2H])c([2H])c2c(-c3ccc4oc5c6ccccc6cc(-c6ccccc6)c5c4c3)c3c([2H])c([2H])c([2H])c([2H])c3c(-c3ccccc3)c2c1[2H]. The first-order valence-electron chi connectivity index (χ1n) is 54.8. The van der Waals surface area contributed by atoms with Crippen LogP contribution >= 0.6 is 0 Å². The number of hydrogen-bond donors (Lipinski definition) is 0. The van der Waals surface area contributed by atoms with Crippen molar-refractivity contribution >= 4 is 163 Å². The van der Waals surface area contributed by atoms with Crippen LogP contribution in [0.3, 0.4) is 0 Å². The standard InChI is InChI=1S/C48H30O.C42H26O.C37H24O/c1-2-11-35(12-3-1)46-39-14-6-8-16-41(39)47(42-17-9-7-15-40(42)46)36-24-22-32(23-25-36)31-18-20-33(21-19-31)37-27-29-45-44(30-37)43-28-26-34-10-4-5-13-38(34)48(43)49-45;1-3-13-27(14-4-1)36-25-29-17-7-8-18-31(29)42-41(36)37-26-30(23-24-38(37)43-42)40-34-21-11-9-19-32(34)39(28-15-5-2-6-16-28)33-20-10-12-22-35(33)40;1-23-21-33-32-22-25(19-20-34(32)38-37(33)31-18-10-5-13-26(23)31)36-29-16-8-6-14-27(29)35(24-11-3-2-4-12-24)28-15-7-9-17-30(28)36/h1-30H;1-26H;2-22H,1H3/i6D,7D,8D,9D,14D,15D,16D,17D;9D,10D,11D,12D,19D,20D,21D,22D;6D,7D,8D,9D,14D,15D,16D,17D. The van der Waals surface area contributed by atoms with E-state index >= 15 is 0 Å². The average Bonchev–Trinajstić information content (AvgIpc) is 0.836. The zero-order valence-electron chi connectivity index (χ0n) is 93.3. The maximum atomic E-state index is 9.27. The molecule has 0 amide bonds. The van der Waals surface area contributed by atoms with Crippen LogP contribution in [0.4, 0.5) is 0 Å². The molecule has 3 heteroatoms. The Morgan fingerprint density at radius 1 is 0.169 bits per heavy atom. The maximum Gasteiger partial charge on any atom is 0.143 e. The summed E-state index contributed by atoms with van der Waals surface area (Å²) in [4.78, 5) is 0. The van der Waals surface area contributed by atoms with Gasteiger partial charge in [0.25, 0.3) is 0 Å². The summed E-state index contributed by atoms with van der Waals surface area (Å²) in [6.45, 7) is 2.04. The van der Waals surface area contributed by atoms with Crippen molar-refractivity contribution in [3.63, 3.8) is 0 Å². The van der Waals surface area contributed by atoms with Crippen molar-refractivity contribution < 1.29 is 46.1 Å². The molecule has 27 rings (SSSR count). The van der Waals surface area contributed by atoms with Crippen LogP contribution in [-0.2, 0) is 0 Å². The Kier molecular flexibility index (Phi) is 13.2. The molecular formula is C127H80O3. The lowest BCUT2D eigenvalue weighted by molar-refractivity contribution is 0.672. The number of furan rings is 3. The topological polar surface area (TPSA) is 39.4 Å². The van der Waals surface area contributed by atoms with E-state index in [-0.39, 0.29) is 137 Å². The first-order valence-corrected chi connectivity index (χ1v) is 42.8. The smallest absolute Gasteiger partial charge is 0.143 e. The Morgan fingerprint density at radius 3 is 0.877 bits per heavy atom. The van der Waals surface area contributed by atoms with Crippen LogP contribution < -0.4 is 0 Å². The molecule has 3 heterocycles. The van der Waals surface area contributed by atoms with Gasteiger partial charge in [-0.25, -0.2) is 0 Å². The van der Waals surface area contributed by atoms with Crippen LogP contribution in [0, 0.1) is 6.92 Å². The lowest BCUT2D eigenvalue weighted by atomic mass is 9.85. The Bertz CT molecular complexity index is 10500. The first kappa shape index (κ1) is 54.7. The van der Waals surface area contributed by atoms with Gasteiger partial charge in [-0.2, -0.15) is 0 Å². The van der Waals surface area contributed by atoms with Gasteiger partial charge in [0.2, 0.25) is 0 Å². The van der Waals surface area contributed by atoms with Crippen molar-refractivity contribution in [2.75, 3.05) is 0 Å². The van der Waals surface area contributed by atoms with Crippen LogP contribution in [0.5, 0.6) is 0 Å². The molecule has 27 aromatic rings. The Morgan fingerprint density at radius 2 is 0.446 bits per heavy atom. The number of fused-ring (bicyclic) bond motifs is 21. The summed E-state index contributed by atoms with van der Waals surface area (Å²) >= 11 is 0. The van der Waals surface area contributed by atoms with Crippen LogP contribution in [-0.4, -0.2) is 0 Å². The highest BCUT2D eigenvalue weighted by Gasteiger charge is 2.25. The second-order valence-electron chi connectivity index (χ2n) is 32.4. The number of benzene rings is 24. The van der Waals surface area contributed by atoms with Gasteiger partial charge < -0.3 is 13.3 Å². The van der Waals surface area contributed by atoms with Gasteiger partial charge in [0, 0.05) is 48.5 Å². The van der Waals surface area contributed by atoms with Gasteiger partial charge in [-0.3, -0.25) is 0 Å². The van der Waals surface area contributed by atoms with E-state index in [4.69, 9.17) is 40.7 Å². The molecular weight excluding hydrogens is 1570 g/mol. The Hall–Kier alpha value is -17.0. The van der Waals surface area contributed by atoms with E-state index in [1.54, 1.807) is 84.9 Å². The normalized spacial score (nSPS) is 14.3. The molecule has 0 N–H and O–H groups in total. The van der Waals surface area contributed by atoms with Gasteiger partial charge in [-0.05, 0) is 248 Å². The summed E-state index contributed by atoms with van der Waals surface area (Å²) in [6.07, 6.45) is 0. The molecule has 0 unspecified atom stereocenters. The molecule has 0 spiro atoms. The van der Waals surface area contributed by atoms with E-state index in [0.29, 0.717) is 83.5 Å². The molecule has 0 saturated carbocycles. The fourth-order valence-electron chi connectivity index (χ4n) is 19.3. The Balaban J connectivity index is 0.000000119. The predicted molar refractivity (Wildman–Crippen MR) is 552 cm³/mol. The molecule has 0 fully saturated rings. The molecule has 3 nitrogen and oxygen atoms in total. The van der Waals surface area contributed by atoms with Crippen molar-refractivity contribution in [3.05, 3.63) is 472 Å². The molecule has 24 aromatic carbocycles. The van der Waals surface area contributed by atoms with Gasteiger partial charge in [0.05, 0.1) is 32.9 Å². The highest BCUT2D eigenvalue weighted by Crippen LogP contribution is 2.51. The summed E-state index contributed by atoms with van der Waals surface area (Å²) < 4.78 is 233. The molecule has 0 atom stereocenters. The van der Waals surface area contributed by atoms with Crippen LogP contribution in [0.2, 0.25) is 0 Å². The highest BCUT2D eigenvalue weighted by atomic mass is 16.3. The van der Waals surface area contributed by atoms with Crippen molar-refractivity contribution in [2.24, 2.45) is 0 Å². The molecule has 3 aromatic heterocycles. The molecule has 130 heavy (non-hydrogen) atoms. The second kappa shape index (κ2) is 31.3. The largest absolute Gasteiger partial charge is 0.455 e. The fraction of sp³-hybridized carbons (Fsp3) is 0.00787. The molecule has 0 radical (unpaired) electrons. The van der Waals surface area contributed by atoms with Crippen LogP contribution in [0.25, 0.3) is 263 Å². The molecule has 0 bridgehead atoms. The molecule has 0 aliphatic carbocycles. The first-order chi connectivity index (χ1) is 74.4. The number of rotatable bonds is 9. The third-order valence-corrected chi connectivity index (χ3v) is 25.2. The highest BCUT2D eigenvalue weighted by molar-refractivity contribution is 6.28. The lowest BCUT2D eigenvalue weighted by Gasteiger charge is -2.18. The molecule has 0 saturated heterocycles. The van der Waals surface area contributed by atoms with Gasteiger partial charge in [-0.1, -0.05) is 412 Å². The number of aryl methyl sites for hydroxylation is 1. The van der Waals surface area contributed by atoms with E-state index in [2.05, 4.69) is 78.9 Å². The van der Waals surface area contributed by atoms with Gasteiger partial charge >= 0.3 is 0 Å². The second-order valence-corrected chi connectivity index (χ2v) is 32.4. The third-order valence-electron chi connectivity index (χ3n) is 25.2. The quantitative estimate of drug-likeness (QED) is 0.135. The predicted octanol–water partition coefficient (Wildman–Crippen LogP) is 36.4. The lowest BCUT2D eigenvalue weighted by Crippen LogP contribution is -1.90. The minimum absolute atomic E-state index is 0.179. The molecule has 606 valence electrons. The van der Waals surface area contributed by atoms with E-state index < -0.39 is 72.5 Å². The van der Waals surface area contributed by atoms with Crippen molar-refractivity contribution in [3.8, 4) is 100 Å². The summed E-state index contributed by atoms with van der Waals surface area (Å²) in [7, 11) is 0. The third kappa shape index (κ3) is 12.6. The Labute approximate surface area is 784 Å². The minimum Gasteiger partial charge on any atom is -0.455 e. The van der Waals surface area contributed by atoms with E-state index in [1.807, 2.05) is 165 Å². The minimum atomic E-state index is -0.430. The van der Waals surface area contributed by atoms with Crippen molar-refractivity contribution in [2.45, 2.75) is 6.92 Å². The van der Waals surface area contributed by atoms with E-state index in [0.717, 1.165) is 120 Å². The van der Waals surface area contributed by atoms with Crippen molar-refractivity contribution in [1.29, 1.82) is 0 Å². The summed E-state index contributed by atoms with van der Waals surface area (Å²) in [5.74, 6) is 0.